The Labute approximate surface area is 129 Å². The van der Waals surface area contributed by atoms with Gasteiger partial charge in [0.15, 0.2) is 10.7 Å². The molecule has 1 aromatic carbocycles. The number of nitroso groups, excluding NO2 is 1. The van der Waals surface area contributed by atoms with E-state index in [0.29, 0.717) is 26.2 Å². The Hall–Kier alpha value is -1.37. The van der Waals surface area contributed by atoms with Crippen LogP contribution in [-0.4, -0.2) is 10.7 Å². The highest BCUT2D eigenvalue weighted by molar-refractivity contribution is 8.00. The van der Waals surface area contributed by atoms with Gasteiger partial charge in [0.25, 0.3) is 0 Å². The van der Waals surface area contributed by atoms with Crippen LogP contribution >= 0.6 is 34.7 Å². The second kappa shape index (κ2) is 6.39. The molecule has 0 bridgehead atoms. The summed E-state index contributed by atoms with van der Waals surface area (Å²) < 4.78 is 0.739. The number of hydrazine groups is 1. The normalized spacial score (nSPS) is 10.5. The van der Waals surface area contributed by atoms with E-state index in [2.05, 4.69) is 0 Å². The molecule has 0 spiro atoms. The number of halogens is 1. The van der Waals surface area contributed by atoms with Crippen molar-refractivity contribution >= 4 is 46.2 Å². The molecule has 0 aliphatic carbocycles. The van der Waals surface area contributed by atoms with Crippen LogP contribution in [0.2, 0.25) is 5.02 Å². The number of hydrogen-bond donors (Lipinski definition) is 1. The van der Waals surface area contributed by atoms with E-state index in [1.54, 1.807) is 0 Å². The van der Waals surface area contributed by atoms with Gasteiger partial charge in [-0.05, 0) is 24.6 Å². The molecule has 7 heteroatoms. The molecule has 0 aliphatic rings. The highest BCUT2D eigenvalue weighted by Crippen LogP contribution is 2.38. The lowest BCUT2D eigenvalue weighted by molar-refractivity contribution is -0.476. The van der Waals surface area contributed by atoms with Gasteiger partial charge < -0.3 is 0 Å². The predicted molar refractivity (Wildman–Crippen MR) is 82.8 cm³/mol. The third-order valence-electron chi connectivity index (χ3n) is 2.55. The minimum absolute atomic E-state index is 0.0727. The van der Waals surface area contributed by atoms with Gasteiger partial charge in [-0.3, -0.25) is 4.79 Å². The first-order valence-electron chi connectivity index (χ1n) is 5.71. The van der Waals surface area contributed by atoms with Crippen LogP contribution in [0.4, 0.5) is 5.69 Å². The Morgan fingerprint density at radius 3 is 2.60 bits per heavy atom. The summed E-state index contributed by atoms with van der Waals surface area (Å²) >= 11 is 8.59. The Morgan fingerprint density at radius 1 is 1.40 bits per heavy atom. The van der Waals surface area contributed by atoms with Crippen LogP contribution in [0, 0.1) is 4.91 Å². The first kappa shape index (κ1) is 15.0. The fraction of sp³-hybridized carbons (Fsp3) is 0.154. The third kappa shape index (κ3) is 3.59. The zero-order chi connectivity index (χ0) is 14.7. The molecular weight excluding hydrogens is 316 g/mol. The lowest BCUT2D eigenvalue weighted by atomic mass is 10.2. The molecule has 0 saturated heterocycles. The van der Waals surface area contributed by atoms with Crippen LogP contribution in [0.15, 0.2) is 34.5 Å². The van der Waals surface area contributed by atoms with Crippen molar-refractivity contribution in [3.8, 4) is 0 Å². The predicted octanol–water partition coefficient (Wildman–Crippen LogP) is 4.18. The number of nitrogens with two attached hydrogens (primary N) is 1. The molecule has 1 heterocycles. The first-order valence-corrected chi connectivity index (χ1v) is 7.89. The first-order chi connectivity index (χ1) is 9.47. The number of hydrogen-bond acceptors (Lipinski definition) is 4. The van der Waals surface area contributed by atoms with Gasteiger partial charge in [0.05, 0.1) is 9.78 Å². The van der Waals surface area contributed by atoms with Crippen molar-refractivity contribution in [2.75, 3.05) is 0 Å². The van der Waals surface area contributed by atoms with Gasteiger partial charge >= 0.3 is 5.69 Å². The number of ketones is 1. The standard InChI is InChI=1S/C13H12ClN2O2S2/c1-8(17)12-6-11(16(15)18)13(20-12)19-7-9-2-4-10(14)5-3-9/h2-6H,7H2,1H3,(H2,15,18)/q+1. The highest BCUT2D eigenvalue weighted by atomic mass is 35.5. The topological polar surface area (TPSA) is 63.2 Å². The average Bonchev–Trinajstić information content (AvgIpc) is 2.82. The molecule has 2 N–H and O–H groups in total. The summed E-state index contributed by atoms with van der Waals surface area (Å²) in [6, 6.07) is 9.01. The molecule has 0 aliphatic heterocycles. The minimum Gasteiger partial charge on any atom is -0.294 e. The zero-order valence-corrected chi connectivity index (χ0v) is 13.0. The number of rotatable bonds is 5. The van der Waals surface area contributed by atoms with E-state index in [0.717, 1.165) is 9.77 Å². The molecule has 0 saturated carbocycles. The zero-order valence-electron chi connectivity index (χ0n) is 10.6. The van der Waals surface area contributed by atoms with Crippen LogP contribution in [0.25, 0.3) is 0 Å². The van der Waals surface area contributed by atoms with Crippen molar-refractivity contribution in [2.24, 2.45) is 5.84 Å². The van der Waals surface area contributed by atoms with Gasteiger partial charge in [-0.2, -0.15) is 5.84 Å². The summed E-state index contributed by atoms with van der Waals surface area (Å²) in [6.45, 7) is 1.47. The van der Waals surface area contributed by atoms with E-state index in [9.17, 15) is 9.70 Å². The monoisotopic (exact) mass is 327 g/mol. The largest absolute Gasteiger partial charge is 0.316 e. The van der Waals surface area contributed by atoms with Gasteiger partial charge in [0, 0.05) is 16.8 Å². The van der Waals surface area contributed by atoms with E-state index in [-0.39, 0.29) is 5.78 Å². The van der Waals surface area contributed by atoms with E-state index >= 15 is 0 Å². The summed E-state index contributed by atoms with van der Waals surface area (Å²) in [5.41, 5.74) is 1.41. The van der Waals surface area contributed by atoms with E-state index < -0.39 is 0 Å². The quantitative estimate of drug-likeness (QED) is 0.294. The SMILES string of the molecule is CC(=O)c1cc([N+](N)=O)c(SCc2ccc(Cl)cc2)s1. The maximum atomic E-state index is 11.4. The van der Waals surface area contributed by atoms with Crippen molar-refractivity contribution < 1.29 is 9.66 Å². The van der Waals surface area contributed by atoms with Gasteiger partial charge in [-0.25, -0.2) is 0 Å². The fourth-order valence-electron chi connectivity index (χ4n) is 1.52. The number of benzene rings is 1. The molecule has 0 amide bonds. The van der Waals surface area contributed by atoms with Crippen molar-refractivity contribution in [3.05, 3.63) is 50.7 Å². The molecule has 0 fully saturated rings. The van der Waals surface area contributed by atoms with Gasteiger partial charge in [-0.1, -0.05) is 23.7 Å². The molecule has 0 unspecified atom stereocenters. The van der Waals surface area contributed by atoms with Crippen molar-refractivity contribution in [1.29, 1.82) is 0 Å². The van der Waals surface area contributed by atoms with E-state index in [1.807, 2.05) is 24.3 Å². The van der Waals surface area contributed by atoms with Crippen LogP contribution < -0.4 is 5.84 Å². The molecular formula is C13H12ClN2O2S2+. The fourth-order valence-corrected chi connectivity index (χ4v) is 3.89. The molecule has 1 aromatic heterocycles. The summed E-state index contributed by atoms with van der Waals surface area (Å²) in [5.74, 6) is 5.86. The minimum atomic E-state index is -0.0727. The second-order valence-corrected chi connectivity index (χ2v) is 6.81. The van der Waals surface area contributed by atoms with E-state index in [4.69, 9.17) is 17.4 Å². The van der Waals surface area contributed by atoms with Crippen molar-refractivity contribution in [3.63, 3.8) is 0 Å². The molecule has 20 heavy (non-hydrogen) atoms. The van der Waals surface area contributed by atoms with Crippen LogP contribution in [0.1, 0.15) is 22.2 Å². The maximum absolute atomic E-state index is 11.4. The van der Waals surface area contributed by atoms with Crippen LogP contribution in [-0.2, 0) is 5.75 Å². The molecule has 2 aromatic rings. The van der Waals surface area contributed by atoms with Crippen LogP contribution in [0.3, 0.4) is 0 Å². The number of Topliss-reactive ketones (excluding diaryl/α,β-unsaturated/α-hetero) is 1. The maximum Gasteiger partial charge on any atom is 0.316 e. The van der Waals surface area contributed by atoms with Gasteiger partial charge in [0.2, 0.25) is 0 Å². The number of carbonyl (C=O) groups is 1. The Balaban J connectivity index is 2.17. The number of thioether (sulfide) groups is 1. The van der Waals surface area contributed by atoms with Gasteiger partial charge in [0.1, 0.15) is 4.21 Å². The molecule has 0 radical (unpaired) electrons. The summed E-state index contributed by atoms with van der Waals surface area (Å²) in [6.07, 6.45) is 0. The molecule has 4 nitrogen and oxygen atoms in total. The molecule has 2 rings (SSSR count). The van der Waals surface area contributed by atoms with Gasteiger partial charge in [-0.15, -0.1) is 23.1 Å². The Morgan fingerprint density at radius 2 is 2.05 bits per heavy atom. The Kier molecular flexibility index (Phi) is 4.80. The Bertz CT molecular complexity index is 653. The smallest absolute Gasteiger partial charge is 0.294 e. The van der Waals surface area contributed by atoms with Crippen LogP contribution in [0.5, 0.6) is 0 Å². The number of nitrogens with zero attached hydrogens (tertiary/aromatic N) is 1. The lowest BCUT2D eigenvalue weighted by Gasteiger charge is -1.99. The second-order valence-electron chi connectivity index (χ2n) is 4.08. The lowest BCUT2D eigenvalue weighted by Crippen LogP contribution is -2.08. The average molecular weight is 328 g/mol. The van der Waals surface area contributed by atoms with Crippen molar-refractivity contribution in [1.82, 2.24) is 0 Å². The van der Waals surface area contributed by atoms with E-state index in [1.165, 1.54) is 36.1 Å². The highest BCUT2D eigenvalue weighted by Gasteiger charge is 2.23. The summed E-state index contributed by atoms with van der Waals surface area (Å²) in [5, 5.41) is 0.683. The van der Waals surface area contributed by atoms with Crippen molar-refractivity contribution in [2.45, 2.75) is 16.9 Å². The number of thiophene rings is 1. The molecule has 0 atom stereocenters. The summed E-state index contributed by atoms with van der Waals surface area (Å²) in [4.78, 5) is 23.5. The number of carbonyl (C=O) groups excluding carboxylic acids is 1. The molecule has 104 valence electrons. The summed E-state index contributed by atoms with van der Waals surface area (Å²) in [7, 11) is 0. The third-order valence-corrected chi connectivity index (χ3v) is 5.37.